The molecule has 0 fully saturated rings. The third-order valence-corrected chi connectivity index (χ3v) is 4.94. The summed E-state index contributed by atoms with van der Waals surface area (Å²) < 4.78 is 1.11. The van der Waals surface area contributed by atoms with E-state index in [1.165, 1.54) is 15.3 Å². The number of hydrogen-bond donors (Lipinski definition) is 1. The third kappa shape index (κ3) is 2.79. The topological polar surface area (TPSA) is 26.0 Å². The Labute approximate surface area is 115 Å². The van der Waals surface area contributed by atoms with Crippen molar-refractivity contribution in [1.82, 2.24) is 0 Å². The summed E-state index contributed by atoms with van der Waals surface area (Å²) in [7, 11) is 0. The van der Waals surface area contributed by atoms with Crippen LogP contribution in [0.25, 0.3) is 10.4 Å². The van der Waals surface area contributed by atoms with Crippen molar-refractivity contribution >= 4 is 27.3 Å². The Morgan fingerprint density at radius 3 is 2.35 bits per heavy atom. The molecule has 1 nitrogen and oxygen atoms in total. The lowest BCUT2D eigenvalue weighted by Gasteiger charge is -2.20. The van der Waals surface area contributed by atoms with E-state index in [1.54, 1.807) is 0 Å². The molecule has 0 saturated heterocycles. The number of benzene rings is 1. The second-order valence-electron chi connectivity index (χ2n) is 4.76. The molecule has 0 amide bonds. The maximum atomic E-state index is 5.81. The lowest BCUT2D eigenvalue weighted by molar-refractivity contribution is 0.550. The Morgan fingerprint density at radius 2 is 1.76 bits per heavy atom. The Kier molecular flexibility index (Phi) is 3.71. The molecule has 0 aliphatic carbocycles. The van der Waals surface area contributed by atoms with Gasteiger partial charge in [0, 0.05) is 26.2 Å². The molecule has 0 radical (unpaired) electrons. The third-order valence-electron chi connectivity index (χ3n) is 2.91. The lowest BCUT2D eigenvalue weighted by atomic mass is 9.92. The molecule has 90 valence electrons. The maximum absolute atomic E-state index is 5.81. The molecular formula is C14H16BrNS. The van der Waals surface area contributed by atoms with Gasteiger partial charge < -0.3 is 5.73 Å². The van der Waals surface area contributed by atoms with Gasteiger partial charge in [-0.25, -0.2) is 0 Å². The van der Waals surface area contributed by atoms with Gasteiger partial charge in [0.2, 0.25) is 0 Å². The van der Waals surface area contributed by atoms with Crippen molar-refractivity contribution in [3.05, 3.63) is 45.7 Å². The summed E-state index contributed by atoms with van der Waals surface area (Å²) in [5, 5.41) is 0. The van der Waals surface area contributed by atoms with Gasteiger partial charge in [-0.1, -0.05) is 41.9 Å². The number of nitrogens with two attached hydrogens (primary N) is 1. The van der Waals surface area contributed by atoms with Crippen LogP contribution in [0.5, 0.6) is 0 Å². The number of rotatable bonds is 3. The van der Waals surface area contributed by atoms with Crippen LogP contribution in [0.2, 0.25) is 0 Å². The molecule has 0 spiro atoms. The Hall–Kier alpha value is -0.640. The standard InChI is InChI=1S/C14H16BrNS/c1-14(2,9-16)13-8-7-12(17-13)10-3-5-11(15)6-4-10/h3-8H,9,16H2,1-2H3. The molecule has 0 atom stereocenters. The van der Waals surface area contributed by atoms with E-state index in [1.807, 2.05) is 11.3 Å². The van der Waals surface area contributed by atoms with E-state index in [2.05, 4.69) is 66.2 Å². The van der Waals surface area contributed by atoms with Gasteiger partial charge in [0.15, 0.2) is 0 Å². The van der Waals surface area contributed by atoms with Gasteiger partial charge in [-0.2, -0.15) is 0 Å². The van der Waals surface area contributed by atoms with E-state index in [9.17, 15) is 0 Å². The van der Waals surface area contributed by atoms with E-state index in [0.29, 0.717) is 6.54 Å². The van der Waals surface area contributed by atoms with Gasteiger partial charge in [0.25, 0.3) is 0 Å². The summed E-state index contributed by atoms with van der Waals surface area (Å²) in [6.45, 7) is 5.04. The van der Waals surface area contributed by atoms with Crippen molar-refractivity contribution in [3.63, 3.8) is 0 Å². The molecule has 17 heavy (non-hydrogen) atoms. The van der Waals surface area contributed by atoms with Crippen LogP contribution in [0.1, 0.15) is 18.7 Å². The van der Waals surface area contributed by atoms with Crippen molar-refractivity contribution in [2.75, 3.05) is 6.54 Å². The van der Waals surface area contributed by atoms with Crippen LogP contribution in [-0.2, 0) is 5.41 Å². The predicted molar refractivity (Wildman–Crippen MR) is 79.5 cm³/mol. The van der Waals surface area contributed by atoms with Crippen LogP contribution >= 0.6 is 27.3 Å². The van der Waals surface area contributed by atoms with Crippen LogP contribution in [0.4, 0.5) is 0 Å². The summed E-state index contributed by atoms with van der Waals surface area (Å²) in [5.74, 6) is 0. The summed E-state index contributed by atoms with van der Waals surface area (Å²) in [6, 6.07) is 12.8. The highest BCUT2D eigenvalue weighted by Gasteiger charge is 2.20. The quantitative estimate of drug-likeness (QED) is 0.892. The van der Waals surface area contributed by atoms with Crippen LogP contribution in [0.15, 0.2) is 40.9 Å². The monoisotopic (exact) mass is 309 g/mol. The van der Waals surface area contributed by atoms with Gasteiger partial charge in [-0.3, -0.25) is 0 Å². The molecule has 0 unspecified atom stereocenters. The van der Waals surface area contributed by atoms with Crippen molar-refractivity contribution in [1.29, 1.82) is 0 Å². The summed E-state index contributed by atoms with van der Waals surface area (Å²) in [4.78, 5) is 2.65. The number of halogens is 1. The van der Waals surface area contributed by atoms with Gasteiger partial charge in [0.1, 0.15) is 0 Å². The highest BCUT2D eigenvalue weighted by atomic mass is 79.9. The van der Waals surface area contributed by atoms with E-state index in [4.69, 9.17) is 5.73 Å². The van der Waals surface area contributed by atoms with Crippen molar-refractivity contribution in [2.24, 2.45) is 5.73 Å². The van der Waals surface area contributed by atoms with E-state index < -0.39 is 0 Å². The first kappa shape index (κ1) is 12.8. The Balaban J connectivity index is 2.33. The molecule has 1 aromatic heterocycles. The molecule has 0 bridgehead atoms. The second-order valence-corrected chi connectivity index (χ2v) is 6.76. The van der Waals surface area contributed by atoms with Crippen molar-refractivity contribution in [2.45, 2.75) is 19.3 Å². The zero-order valence-corrected chi connectivity index (χ0v) is 12.4. The molecule has 2 N–H and O–H groups in total. The second kappa shape index (κ2) is 4.92. The average molecular weight is 310 g/mol. The Bertz CT molecular complexity index is 499. The lowest BCUT2D eigenvalue weighted by Crippen LogP contribution is -2.26. The highest BCUT2D eigenvalue weighted by Crippen LogP contribution is 2.35. The Morgan fingerprint density at radius 1 is 1.12 bits per heavy atom. The molecule has 2 aromatic rings. The van der Waals surface area contributed by atoms with Gasteiger partial charge >= 0.3 is 0 Å². The van der Waals surface area contributed by atoms with Crippen LogP contribution < -0.4 is 5.73 Å². The van der Waals surface area contributed by atoms with Crippen molar-refractivity contribution < 1.29 is 0 Å². The predicted octanol–water partition coefficient (Wildman–Crippen LogP) is 4.41. The molecule has 0 aliphatic heterocycles. The van der Waals surface area contributed by atoms with Gasteiger partial charge in [0.05, 0.1) is 0 Å². The minimum absolute atomic E-state index is 0.0677. The zero-order chi connectivity index (χ0) is 12.5. The highest BCUT2D eigenvalue weighted by molar-refractivity contribution is 9.10. The van der Waals surface area contributed by atoms with E-state index in [-0.39, 0.29) is 5.41 Å². The molecule has 3 heteroatoms. The minimum Gasteiger partial charge on any atom is -0.330 e. The van der Waals surface area contributed by atoms with Crippen LogP contribution in [0, 0.1) is 0 Å². The molecule has 1 aromatic carbocycles. The molecule has 0 saturated carbocycles. The fraction of sp³-hybridized carbons (Fsp3) is 0.286. The summed E-state index contributed by atoms with van der Waals surface area (Å²) >= 11 is 5.28. The fourth-order valence-electron chi connectivity index (χ4n) is 1.57. The summed E-state index contributed by atoms with van der Waals surface area (Å²) in [6.07, 6.45) is 0. The first-order chi connectivity index (χ1) is 8.03. The molecule has 1 heterocycles. The molecular weight excluding hydrogens is 294 g/mol. The smallest absolute Gasteiger partial charge is 0.0345 e. The van der Waals surface area contributed by atoms with Gasteiger partial charge in [-0.15, -0.1) is 11.3 Å². The fourth-order valence-corrected chi connectivity index (χ4v) is 2.96. The van der Waals surface area contributed by atoms with E-state index >= 15 is 0 Å². The SMILES string of the molecule is CC(C)(CN)c1ccc(-c2ccc(Br)cc2)s1. The van der Waals surface area contributed by atoms with E-state index in [0.717, 1.165) is 4.47 Å². The van der Waals surface area contributed by atoms with Crippen molar-refractivity contribution in [3.8, 4) is 10.4 Å². The average Bonchev–Trinajstić information content (AvgIpc) is 2.80. The number of thiophene rings is 1. The number of hydrogen-bond acceptors (Lipinski definition) is 2. The molecule has 0 aliphatic rings. The maximum Gasteiger partial charge on any atom is 0.0345 e. The normalized spacial score (nSPS) is 11.8. The summed E-state index contributed by atoms with van der Waals surface area (Å²) in [5.41, 5.74) is 7.14. The molecule has 2 rings (SSSR count). The van der Waals surface area contributed by atoms with Crippen LogP contribution in [0.3, 0.4) is 0 Å². The van der Waals surface area contributed by atoms with Crippen LogP contribution in [-0.4, -0.2) is 6.54 Å². The first-order valence-electron chi connectivity index (χ1n) is 5.59. The zero-order valence-electron chi connectivity index (χ0n) is 10.0. The first-order valence-corrected chi connectivity index (χ1v) is 7.20. The van der Waals surface area contributed by atoms with Gasteiger partial charge in [-0.05, 0) is 29.8 Å². The minimum atomic E-state index is 0.0677. The largest absolute Gasteiger partial charge is 0.330 e.